The Balaban J connectivity index is 1.31. The van der Waals surface area contributed by atoms with Crippen molar-refractivity contribution in [3.63, 3.8) is 0 Å². The molecule has 4 N–H and O–H groups in total. The van der Waals surface area contributed by atoms with Crippen LogP contribution in [0, 0.1) is 0 Å². The third-order valence-corrected chi connectivity index (χ3v) is 7.35. The lowest BCUT2D eigenvalue weighted by molar-refractivity contribution is 0.0986. The number of hydrogen-bond donors (Lipinski definition) is 4. The number of amides is 1. The molecule has 40 heavy (non-hydrogen) atoms. The van der Waals surface area contributed by atoms with Gasteiger partial charge in [-0.15, -0.1) is 0 Å². The molecule has 0 saturated carbocycles. The van der Waals surface area contributed by atoms with E-state index >= 15 is 0 Å². The van der Waals surface area contributed by atoms with Crippen LogP contribution in [0.25, 0.3) is 22.0 Å². The van der Waals surface area contributed by atoms with Crippen LogP contribution in [0.3, 0.4) is 0 Å². The van der Waals surface area contributed by atoms with Crippen LogP contribution in [-0.2, 0) is 6.54 Å². The fourth-order valence-electron chi connectivity index (χ4n) is 5.22. The Morgan fingerprint density at radius 3 is 2.80 bits per heavy atom. The lowest BCUT2D eigenvalue weighted by Gasteiger charge is -2.23. The first-order valence-electron chi connectivity index (χ1n) is 13.5. The normalized spacial score (nSPS) is 14.9. The van der Waals surface area contributed by atoms with E-state index in [1.165, 1.54) is 10.8 Å². The highest BCUT2D eigenvalue weighted by Gasteiger charge is 2.25. The van der Waals surface area contributed by atoms with Crippen LogP contribution < -0.4 is 20.6 Å². The molecule has 0 radical (unpaired) electrons. The van der Waals surface area contributed by atoms with E-state index in [9.17, 15) is 14.7 Å². The Hall–Kier alpha value is -4.92. The van der Waals surface area contributed by atoms with Crippen LogP contribution >= 0.6 is 0 Å². The minimum absolute atomic E-state index is 0.0929. The number of fused-ring (bicyclic) bond motifs is 2. The number of ether oxygens (including phenoxy) is 1. The summed E-state index contributed by atoms with van der Waals surface area (Å²) in [7, 11) is 0. The van der Waals surface area contributed by atoms with Gasteiger partial charge in [-0.05, 0) is 79.2 Å². The summed E-state index contributed by atoms with van der Waals surface area (Å²) >= 11 is 0. The van der Waals surface area contributed by atoms with Gasteiger partial charge in [-0.25, -0.2) is 4.79 Å². The number of benzene rings is 3. The molecule has 0 aliphatic carbocycles. The Morgan fingerprint density at radius 2 is 1.95 bits per heavy atom. The first kappa shape index (κ1) is 25.4. The summed E-state index contributed by atoms with van der Waals surface area (Å²) in [6.45, 7) is 3.31. The average Bonchev–Trinajstić information content (AvgIpc) is 3.52. The maximum atomic E-state index is 13.9. The van der Waals surface area contributed by atoms with E-state index in [1.54, 1.807) is 0 Å². The Morgan fingerprint density at radius 1 is 1.07 bits per heavy atom. The topological polar surface area (TPSA) is 115 Å². The molecule has 5 aromatic rings. The molecular weight excluding hydrogens is 506 g/mol. The van der Waals surface area contributed by atoms with Crippen molar-refractivity contribution in [2.45, 2.75) is 32.4 Å². The molecule has 1 atom stereocenters. The molecular formula is C31H31N5O4. The van der Waals surface area contributed by atoms with E-state index in [2.05, 4.69) is 28.3 Å². The van der Waals surface area contributed by atoms with Gasteiger partial charge in [0.25, 0.3) is 5.91 Å². The van der Waals surface area contributed by atoms with Crippen LogP contribution in [0.15, 0.2) is 83.9 Å². The van der Waals surface area contributed by atoms with E-state index in [0.29, 0.717) is 37.4 Å². The SMILES string of the molecule is C[C@H]1CCN(C(=O)c2ccc(-c3ccc4[nH]ccc4c3)c(OCCCn3c(O)c[nH]c3=O)c2)c2ccccc2N1. The standard InChI is InChI=1S/C31H31N5O4/c1-20-12-15-35(27-6-3-2-5-26(27)34-20)30(38)23-7-9-24(21-8-10-25-22(17-21)11-13-32-25)28(18-23)40-16-4-14-36-29(37)19-33-31(36)39/h2-3,5-11,13,17-20,32,34,37H,4,12,14-16H2,1H3,(H,33,39)/t20-/m0/s1. The lowest BCUT2D eigenvalue weighted by atomic mass is 10.0. The van der Waals surface area contributed by atoms with Crippen LogP contribution in [-0.4, -0.2) is 44.7 Å². The van der Waals surface area contributed by atoms with Crippen molar-refractivity contribution in [3.8, 4) is 22.8 Å². The van der Waals surface area contributed by atoms with E-state index in [0.717, 1.165) is 39.8 Å². The van der Waals surface area contributed by atoms with Gasteiger partial charge < -0.3 is 30.0 Å². The molecule has 0 spiro atoms. The number of aromatic amines is 2. The van der Waals surface area contributed by atoms with Gasteiger partial charge in [-0.3, -0.25) is 9.36 Å². The molecule has 9 heteroatoms. The van der Waals surface area contributed by atoms with Crippen molar-refractivity contribution in [3.05, 3.63) is 95.2 Å². The second-order valence-corrected chi connectivity index (χ2v) is 10.1. The van der Waals surface area contributed by atoms with Crippen molar-refractivity contribution < 1.29 is 14.6 Å². The van der Waals surface area contributed by atoms with Gasteiger partial charge in [0, 0.05) is 42.0 Å². The van der Waals surface area contributed by atoms with Gasteiger partial charge in [-0.2, -0.15) is 0 Å². The number of nitrogens with one attached hydrogen (secondary N) is 3. The van der Waals surface area contributed by atoms with Crippen LogP contribution in [0.1, 0.15) is 30.1 Å². The van der Waals surface area contributed by atoms with Gasteiger partial charge >= 0.3 is 5.69 Å². The predicted octanol–water partition coefficient (Wildman–Crippen LogP) is 5.35. The summed E-state index contributed by atoms with van der Waals surface area (Å²) in [4.78, 5) is 33.3. The maximum absolute atomic E-state index is 13.9. The fraction of sp³-hybridized carbons (Fsp3) is 0.226. The van der Waals surface area contributed by atoms with E-state index in [-0.39, 0.29) is 23.5 Å². The van der Waals surface area contributed by atoms with Gasteiger partial charge in [0.1, 0.15) is 5.75 Å². The van der Waals surface area contributed by atoms with Crippen LogP contribution in [0.5, 0.6) is 11.6 Å². The second-order valence-electron chi connectivity index (χ2n) is 10.1. The number of H-pyrrole nitrogens is 2. The van der Waals surface area contributed by atoms with Crippen molar-refractivity contribution >= 4 is 28.2 Å². The first-order chi connectivity index (χ1) is 19.5. The Kier molecular flexibility index (Phi) is 6.77. The molecule has 2 aromatic heterocycles. The number of imidazole rings is 1. The molecule has 0 bridgehead atoms. The molecule has 0 fully saturated rings. The molecule has 3 aromatic carbocycles. The number of para-hydroxylation sites is 2. The molecule has 204 valence electrons. The first-order valence-corrected chi connectivity index (χ1v) is 13.5. The maximum Gasteiger partial charge on any atom is 0.328 e. The van der Waals surface area contributed by atoms with E-state index in [4.69, 9.17) is 4.74 Å². The average molecular weight is 538 g/mol. The van der Waals surface area contributed by atoms with E-state index in [1.807, 2.05) is 71.8 Å². The van der Waals surface area contributed by atoms with Gasteiger partial charge in [0.15, 0.2) is 0 Å². The molecule has 0 unspecified atom stereocenters. The highest BCUT2D eigenvalue weighted by molar-refractivity contribution is 6.08. The van der Waals surface area contributed by atoms with Gasteiger partial charge in [0.05, 0.1) is 24.2 Å². The van der Waals surface area contributed by atoms with Crippen molar-refractivity contribution in [2.24, 2.45) is 0 Å². The lowest BCUT2D eigenvalue weighted by Crippen LogP contribution is -2.32. The smallest absolute Gasteiger partial charge is 0.328 e. The third kappa shape index (κ3) is 4.93. The molecule has 6 rings (SSSR count). The quantitative estimate of drug-likeness (QED) is 0.209. The highest BCUT2D eigenvalue weighted by Crippen LogP contribution is 2.35. The third-order valence-electron chi connectivity index (χ3n) is 7.35. The summed E-state index contributed by atoms with van der Waals surface area (Å²) in [5.74, 6) is 0.380. The molecule has 1 amide bonds. The number of hydrogen-bond acceptors (Lipinski definition) is 5. The van der Waals surface area contributed by atoms with Crippen LogP contribution in [0.4, 0.5) is 11.4 Å². The van der Waals surface area contributed by atoms with Crippen LogP contribution in [0.2, 0.25) is 0 Å². The molecule has 1 aliphatic heterocycles. The zero-order valence-electron chi connectivity index (χ0n) is 22.2. The Labute approximate surface area is 231 Å². The number of rotatable bonds is 7. The summed E-state index contributed by atoms with van der Waals surface area (Å²) in [5.41, 5.74) is 4.84. The monoisotopic (exact) mass is 537 g/mol. The molecule has 0 saturated heterocycles. The fourth-order valence-corrected chi connectivity index (χ4v) is 5.22. The summed E-state index contributed by atoms with van der Waals surface area (Å²) in [6, 6.07) is 21.9. The number of aromatic nitrogens is 3. The minimum Gasteiger partial charge on any atom is -0.493 e. The zero-order chi connectivity index (χ0) is 27.6. The number of aromatic hydroxyl groups is 1. The zero-order valence-corrected chi connectivity index (χ0v) is 22.2. The number of nitrogens with zero attached hydrogens (tertiary/aromatic N) is 2. The second kappa shape index (κ2) is 10.7. The van der Waals surface area contributed by atoms with E-state index < -0.39 is 0 Å². The number of anilines is 2. The number of carbonyl (C=O) groups is 1. The number of carbonyl (C=O) groups excluding carboxylic acids is 1. The molecule has 9 nitrogen and oxygen atoms in total. The largest absolute Gasteiger partial charge is 0.493 e. The van der Waals surface area contributed by atoms with Gasteiger partial charge in [-0.1, -0.05) is 18.2 Å². The van der Waals surface area contributed by atoms with Crippen molar-refractivity contribution in [1.29, 1.82) is 0 Å². The Bertz CT molecular complexity index is 1730. The predicted molar refractivity (Wildman–Crippen MR) is 156 cm³/mol. The minimum atomic E-state index is -0.368. The highest BCUT2D eigenvalue weighted by atomic mass is 16.5. The summed E-state index contributed by atoms with van der Waals surface area (Å²) in [6.07, 6.45) is 4.48. The summed E-state index contributed by atoms with van der Waals surface area (Å²) < 4.78 is 7.51. The molecule has 3 heterocycles. The van der Waals surface area contributed by atoms with Crippen molar-refractivity contribution in [2.75, 3.05) is 23.4 Å². The molecule has 1 aliphatic rings. The summed E-state index contributed by atoms with van der Waals surface area (Å²) in [5, 5.41) is 14.5. The van der Waals surface area contributed by atoms with Crippen molar-refractivity contribution in [1.82, 2.24) is 14.5 Å². The van der Waals surface area contributed by atoms with Gasteiger partial charge in [0.2, 0.25) is 5.88 Å².